The molecule has 2 unspecified atom stereocenters. The third-order valence-electron chi connectivity index (χ3n) is 4.00. The van der Waals surface area contributed by atoms with Crippen molar-refractivity contribution in [1.29, 1.82) is 0 Å². The summed E-state index contributed by atoms with van der Waals surface area (Å²) in [6.07, 6.45) is 0.759. The molecule has 1 fully saturated rings. The average molecular weight is 350 g/mol. The van der Waals surface area contributed by atoms with Gasteiger partial charge in [0.25, 0.3) is 0 Å². The van der Waals surface area contributed by atoms with Crippen molar-refractivity contribution in [1.82, 2.24) is 5.32 Å². The van der Waals surface area contributed by atoms with Gasteiger partial charge in [0.15, 0.2) is 0 Å². The molecule has 1 aliphatic heterocycles. The molecule has 1 saturated heterocycles. The second-order valence-electron chi connectivity index (χ2n) is 5.59. The molecule has 1 heterocycles. The van der Waals surface area contributed by atoms with Crippen LogP contribution in [0.3, 0.4) is 0 Å². The molecule has 23 heavy (non-hydrogen) atoms. The number of amides is 1. The van der Waals surface area contributed by atoms with E-state index < -0.39 is 0 Å². The molecule has 0 saturated carbocycles. The van der Waals surface area contributed by atoms with E-state index in [1.165, 1.54) is 0 Å². The molecule has 1 aliphatic rings. The van der Waals surface area contributed by atoms with E-state index in [1.54, 1.807) is 12.1 Å². The van der Waals surface area contributed by atoms with E-state index in [1.807, 2.05) is 36.4 Å². The van der Waals surface area contributed by atoms with Crippen LogP contribution in [-0.4, -0.2) is 19.1 Å². The van der Waals surface area contributed by atoms with Gasteiger partial charge in [-0.2, -0.15) is 0 Å². The highest BCUT2D eigenvalue weighted by atomic mass is 35.5. The van der Waals surface area contributed by atoms with Gasteiger partial charge >= 0.3 is 0 Å². The maximum atomic E-state index is 12.5. The van der Waals surface area contributed by atoms with Gasteiger partial charge in [0, 0.05) is 6.61 Å². The molecular weight excluding hydrogens is 333 g/mol. The lowest BCUT2D eigenvalue weighted by Crippen LogP contribution is -2.34. The van der Waals surface area contributed by atoms with Crippen LogP contribution in [0.4, 0.5) is 0 Å². The van der Waals surface area contributed by atoms with Crippen molar-refractivity contribution in [3.05, 3.63) is 69.7 Å². The van der Waals surface area contributed by atoms with Crippen LogP contribution >= 0.6 is 23.2 Å². The first-order chi connectivity index (χ1) is 11.1. The first-order valence-corrected chi connectivity index (χ1v) is 8.29. The molecule has 0 aliphatic carbocycles. The predicted octanol–water partition coefficient (Wildman–Crippen LogP) is 4.24. The van der Waals surface area contributed by atoms with E-state index in [-0.39, 0.29) is 17.9 Å². The fourth-order valence-electron chi connectivity index (χ4n) is 2.70. The van der Waals surface area contributed by atoms with Crippen LogP contribution in [-0.2, 0) is 9.53 Å². The lowest BCUT2D eigenvalue weighted by molar-refractivity contribution is -0.125. The fourth-order valence-corrected chi connectivity index (χ4v) is 3.00. The van der Waals surface area contributed by atoms with Gasteiger partial charge in [-0.25, -0.2) is 0 Å². The number of carbonyl (C=O) groups is 1. The Labute approximate surface area is 145 Å². The van der Waals surface area contributed by atoms with E-state index in [0.717, 1.165) is 17.5 Å². The third kappa shape index (κ3) is 3.86. The highest BCUT2D eigenvalue weighted by molar-refractivity contribution is 6.42. The van der Waals surface area contributed by atoms with Gasteiger partial charge in [-0.15, -0.1) is 0 Å². The number of hydrogen-bond donors (Lipinski definition) is 1. The maximum absolute atomic E-state index is 12.5. The summed E-state index contributed by atoms with van der Waals surface area (Å²) in [7, 11) is 0. The highest BCUT2D eigenvalue weighted by Gasteiger charge is 2.26. The fraction of sp³-hybridized carbons (Fsp3) is 0.278. The van der Waals surface area contributed by atoms with E-state index in [2.05, 4.69) is 5.32 Å². The molecule has 3 nitrogen and oxygen atoms in total. The minimum absolute atomic E-state index is 0.00225. The zero-order valence-corrected chi connectivity index (χ0v) is 14.0. The predicted molar refractivity (Wildman–Crippen MR) is 91.8 cm³/mol. The monoisotopic (exact) mass is 349 g/mol. The summed E-state index contributed by atoms with van der Waals surface area (Å²) in [5, 5.41) is 4.09. The minimum Gasteiger partial charge on any atom is -0.381 e. The number of hydrogen-bond acceptors (Lipinski definition) is 2. The highest BCUT2D eigenvalue weighted by Crippen LogP contribution is 2.29. The van der Waals surface area contributed by atoms with E-state index in [0.29, 0.717) is 23.3 Å². The molecule has 0 aromatic heterocycles. The normalized spacial score (nSPS) is 18.6. The molecule has 1 N–H and O–H groups in total. The summed E-state index contributed by atoms with van der Waals surface area (Å²) in [4.78, 5) is 12.5. The lowest BCUT2D eigenvalue weighted by Gasteiger charge is -2.22. The number of rotatable bonds is 4. The first-order valence-electron chi connectivity index (χ1n) is 7.53. The van der Waals surface area contributed by atoms with Crippen molar-refractivity contribution < 1.29 is 9.53 Å². The second kappa shape index (κ2) is 7.35. The van der Waals surface area contributed by atoms with Crippen LogP contribution in [0.1, 0.15) is 23.6 Å². The molecule has 3 rings (SSSR count). The Morgan fingerprint density at radius 3 is 2.52 bits per heavy atom. The average Bonchev–Trinajstić information content (AvgIpc) is 3.10. The van der Waals surface area contributed by atoms with Gasteiger partial charge in [0.1, 0.15) is 0 Å². The molecule has 2 aromatic rings. The van der Waals surface area contributed by atoms with Crippen molar-refractivity contribution >= 4 is 29.1 Å². The van der Waals surface area contributed by atoms with Crippen molar-refractivity contribution in [2.24, 2.45) is 5.92 Å². The van der Waals surface area contributed by atoms with Gasteiger partial charge in [0.2, 0.25) is 5.91 Å². The smallest absolute Gasteiger partial charge is 0.226 e. The largest absolute Gasteiger partial charge is 0.381 e. The topological polar surface area (TPSA) is 38.3 Å². The molecule has 2 aromatic carbocycles. The summed E-state index contributed by atoms with van der Waals surface area (Å²) < 4.78 is 5.31. The van der Waals surface area contributed by atoms with Crippen molar-refractivity contribution in [2.75, 3.05) is 13.2 Å². The Hall–Kier alpha value is -1.55. The SMILES string of the molecule is O=C(NC(c1ccccc1)c1ccc(Cl)c(Cl)c1)C1CCOC1. The Morgan fingerprint density at radius 1 is 1.09 bits per heavy atom. The van der Waals surface area contributed by atoms with E-state index >= 15 is 0 Å². The van der Waals surface area contributed by atoms with Gasteiger partial charge in [-0.1, -0.05) is 59.6 Å². The Bertz CT molecular complexity index is 685. The standard InChI is InChI=1S/C18H17Cl2NO2/c19-15-7-6-13(10-16(15)20)17(12-4-2-1-3-5-12)21-18(22)14-8-9-23-11-14/h1-7,10,14,17H,8-9,11H2,(H,21,22). The minimum atomic E-state index is -0.265. The molecular formula is C18H17Cl2NO2. The molecule has 0 bridgehead atoms. The van der Waals surface area contributed by atoms with Crippen molar-refractivity contribution in [3.8, 4) is 0 Å². The number of carbonyl (C=O) groups excluding carboxylic acids is 1. The molecule has 1 amide bonds. The lowest BCUT2D eigenvalue weighted by atomic mass is 9.97. The zero-order valence-electron chi connectivity index (χ0n) is 12.5. The van der Waals surface area contributed by atoms with Crippen LogP contribution in [0.5, 0.6) is 0 Å². The Morgan fingerprint density at radius 2 is 1.87 bits per heavy atom. The summed E-state index contributed by atoms with van der Waals surface area (Å²) in [6.45, 7) is 1.12. The first kappa shape index (κ1) is 16.3. The number of nitrogens with one attached hydrogen (secondary N) is 1. The summed E-state index contributed by atoms with van der Waals surface area (Å²) in [5.41, 5.74) is 1.90. The molecule has 5 heteroatoms. The molecule has 0 radical (unpaired) electrons. The number of ether oxygens (including phenoxy) is 1. The summed E-state index contributed by atoms with van der Waals surface area (Å²) in [5.74, 6) is -0.0913. The van der Waals surface area contributed by atoms with Crippen LogP contribution < -0.4 is 5.32 Å². The van der Waals surface area contributed by atoms with Crippen molar-refractivity contribution in [2.45, 2.75) is 12.5 Å². The summed E-state index contributed by atoms with van der Waals surface area (Å²) >= 11 is 12.1. The number of benzene rings is 2. The summed E-state index contributed by atoms with van der Waals surface area (Å²) in [6, 6.07) is 15.0. The van der Waals surface area contributed by atoms with Gasteiger partial charge in [-0.3, -0.25) is 4.79 Å². The third-order valence-corrected chi connectivity index (χ3v) is 4.74. The van der Waals surface area contributed by atoms with Crippen LogP contribution in [0.2, 0.25) is 10.0 Å². The molecule has 0 spiro atoms. The van der Waals surface area contributed by atoms with Gasteiger partial charge in [-0.05, 0) is 29.7 Å². The quantitative estimate of drug-likeness (QED) is 0.896. The number of halogens is 2. The van der Waals surface area contributed by atoms with E-state index in [9.17, 15) is 4.79 Å². The molecule has 2 atom stereocenters. The second-order valence-corrected chi connectivity index (χ2v) is 6.40. The van der Waals surface area contributed by atoms with Gasteiger partial charge in [0.05, 0.1) is 28.6 Å². The van der Waals surface area contributed by atoms with Crippen LogP contribution in [0, 0.1) is 5.92 Å². The Kier molecular flexibility index (Phi) is 5.21. The van der Waals surface area contributed by atoms with Crippen LogP contribution in [0.15, 0.2) is 48.5 Å². The Balaban J connectivity index is 1.90. The van der Waals surface area contributed by atoms with Gasteiger partial charge < -0.3 is 10.1 Å². The van der Waals surface area contributed by atoms with E-state index in [4.69, 9.17) is 27.9 Å². The zero-order chi connectivity index (χ0) is 16.2. The maximum Gasteiger partial charge on any atom is 0.226 e. The van der Waals surface area contributed by atoms with Crippen LogP contribution in [0.25, 0.3) is 0 Å². The molecule has 120 valence electrons. The van der Waals surface area contributed by atoms with Crippen molar-refractivity contribution in [3.63, 3.8) is 0 Å².